The third kappa shape index (κ3) is 5.78. The summed E-state index contributed by atoms with van der Waals surface area (Å²) in [4.78, 5) is 26.2. The van der Waals surface area contributed by atoms with E-state index in [-0.39, 0.29) is 6.09 Å². The van der Waals surface area contributed by atoms with Gasteiger partial charge in [-0.15, -0.1) is 11.3 Å². The average molecular weight is 535 g/mol. The molecule has 0 spiro atoms. The molecule has 0 radical (unpaired) electrons. The molecule has 1 saturated heterocycles. The van der Waals surface area contributed by atoms with Crippen LogP contribution < -0.4 is 5.73 Å². The lowest BCUT2D eigenvalue weighted by molar-refractivity contribution is 0.0139. The Balaban J connectivity index is 1.33. The first-order valence-corrected chi connectivity index (χ1v) is 14.4. The Hall–Kier alpha value is -3.17. The quantitative estimate of drug-likeness (QED) is 0.329. The normalized spacial score (nSPS) is 15.0. The van der Waals surface area contributed by atoms with E-state index in [0.717, 1.165) is 72.5 Å². The van der Waals surface area contributed by atoms with Crippen LogP contribution in [0.3, 0.4) is 0 Å². The molecular formula is C29H38N6O2S. The molecule has 3 aromatic heterocycles. The highest BCUT2D eigenvalue weighted by atomic mass is 32.1. The summed E-state index contributed by atoms with van der Waals surface area (Å²) in [6.45, 7) is 12.6. The number of nitrogens with two attached hydrogens (primary N) is 1. The first-order chi connectivity index (χ1) is 18.2. The smallest absolute Gasteiger partial charge is 0.410 e. The number of aromatic nitrogens is 3. The van der Waals surface area contributed by atoms with E-state index >= 15 is 0 Å². The summed E-state index contributed by atoms with van der Waals surface area (Å²) < 4.78 is 9.03. The molecular weight excluding hydrogens is 496 g/mol. The van der Waals surface area contributed by atoms with Crippen molar-refractivity contribution in [1.29, 1.82) is 0 Å². The number of carbonyl (C=O) groups is 1. The van der Waals surface area contributed by atoms with Crippen LogP contribution in [-0.4, -0.2) is 62.2 Å². The van der Waals surface area contributed by atoms with Crippen molar-refractivity contribution in [2.45, 2.75) is 65.6 Å². The van der Waals surface area contributed by atoms with E-state index in [1.807, 2.05) is 31.7 Å². The van der Waals surface area contributed by atoms with Gasteiger partial charge < -0.3 is 19.9 Å². The molecule has 8 nitrogen and oxygen atoms in total. The maximum Gasteiger partial charge on any atom is 0.410 e. The van der Waals surface area contributed by atoms with Crippen molar-refractivity contribution in [2.75, 3.05) is 31.9 Å². The second-order valence-electron chi connectivity index (χ2n) is 11.1. The van der Waals surface area contributed by atoms with Crippen LogP contribution in [-0.2, 0) is 24.2 Å². The van der Waals surface area contributed by atoms with E-state index in [4.69, 9.17) is 15.5 Å². The SMILES string of the molecule is CCCCc1nc2c(N)nc3ccsc3c2n1Cc1cccc(CN2CCN(C(=O)OC(C)(C)C)CC2)c1. The Morgan fingerprint density at radius 2 is 1.82 bits per heavy atom. The molecule has 4 heterocycles. The minimum absolute atomic E-state index is 0.221. The zero-order chi connectivity index (χ0) is 26.9. The van der Waals surface area contributed by atoms with E-state index < -0.39 is 5.60 Å². The van der Waals surface area contributed by atoms with Crippen LogP contribution in [0, 0.1) is 0 Å². The number of thiophene rings is 1. The predicted octanol–water partition coefficient (Wildman–Crippen LogP) is 5.67. The van der Waals surface area contributed by atoms with Crippen LogP contribution in [0.5, 0.6) is 0 Å². The summed E-state index contributed by atoms with van der Waals surface area (Å²) in [5.41, 5.74) is 11.2. The van der Waals surface area contributed by atoms with Gasteiger partial charge in [-0.3, -0.25) is 4.90 Å². The number of unbranched alkanes of at least 4 members (excludes halogenated alkanes) is 1. The number of fused-ring (bicyclic) bond motifs is 3. The summed E-state index contributed by atoms with van der Waals surface area (Å²) in [6, 6.07) is 10.8. The summed E-state index contributed by atoms with van der Waals surface area (Å²) in [5, 5.41) is 2.07. The van der Waals surface area contributed by atoms with Gasteiger partial charge in [-0.2, -0.15) is 0 Å². The number of pyridine rings is 1. The fourth-order valence-corrected chi connectivity index (χ4v) is 5.92. The number of imidazole rings is 1. The highest BCUT2D eigenvalue weighted by Gasteiger charge is 2.26. The molecule has 0 aliphatic carbocycles. The fourth-order valence-electron chi connectivity index (χ4n) is 5.04. The number of rotatable bonds is 7. The van der Waals surface area contributed by atoms with Gasteiger partial charge in [0.1, 0.15) is 16.9 Å². The van der Waals surface area contributed by atoms with E-state index in [2.05, 4.69) is 51.0 Å². The Bertz CT molecular complexity index is 1430. The van der Waals surface area contributed by atoms with Crippen LogP contribution in [0.15, 0.2) is 35.7 Å². The monoisotopic (exact) mass is 534 g/mol. The number of benzene rings is 1. The number of nitrogens with zero attached hydrogens (tertiary/aromatic N) is 5. The third-order valence-electron chi connectivity index (χ3n) is 6.91. The molecule has 1 aliphatic rings. The Morgan fingerprint density at radius 1 is 1.08 bits per heavy atom. The van der Waals surface area contributed by atoms with Crippen molar-refractivity contribution >= 4 is 44.5 Å². The number of anilines is 1. The zero-order valence-corrected chi connectivity index (χ0v) is 23.7. The maximum atomic E-state index is 12.4. The Morgan fingerprint density at radius 3 is 2.53 bits per heavy atom. The molecule has 0 bridgehead atoms. The Kier molecular flexibility index (Phi) is 7.59. The molecule has 4 aromatic rings. The number of piperazine rings is 1. The van der Waals surface area contributed by atoms with Crippen molar-refractivity contribution < 1.29 is 9.53 Å². The largest absolute Gasteiger partial charge is 0.444 e. The second-order valence-corrected chi connectivity index (χ2v) is 12.0. The first-order valence-electron chi connectivity index (χ1n) is 13.5. The molecule has 0 unspecified atom stereocenters. The van der Waals surface area contributed by atoms with Gasteiger partial charge in [0.05, 0.1) is 15.7 Å². The molecule has 9 heteroatoms. The lowest BCUT2D eigenvalue weighted by Crippen LogP contribution is -2.49. The average Bonchev–Trinajstić information content (AvgIpc) is 3.47. The second kappa shape index (κ2) is 10.9. The summed E-state index contributed by atoms with van der Waals surface area (Å²) in [5.74, 6) is 1.57. The minimum Gasteiger partial charge on any atom is -0.444 e. The lowest BCUT2D eigenvalue weighted by Gasteiger charge is -2.35. The molecule has 1 amide bonds. The van der Waals surface area contributed by atoms with Crippen LogP contribution in [0.1, 0.15) is 57.5 Å². The van der Waals surface area contributed by atoms with Gasteiger partial charge in [0.2, 0.25) is 0 Å². The zero-order valence-electron chi connectivity index (χ0n) is 22.9. The maximum absolute atomic E-state index is 12.4. The van der Waals surface area contributed by atoms with Gasteiger partial charge in [-0.25, -0.2) is 14.8 Å². The molecule has 5 rings (SSSR count). The molecule has 1 fully saturated rings. The predicted molar refractivity (Wildman–Crippen MR) is 155 cm³/mol. The standard InChI is InChI=1S/C29H38N6O2S/c1-5-6-10-23-32-24-25(26-22(11-16-38-26)31-27(24)30)35(23)19-21-9-7-8-20(17-21)18-33-12-14-34(15-13-33)28(36)37-29(2,3)4/h7-9,11,16-17H,5-6,10,12-15,18-19H2,1-4H3,(H2,30,31). The van der Waals surface area contributed by atoms with Crippen LogP contribution in [0.4, 0.5) is 10.6 Å². The highest BCUT2D eigenvalue weighted by molar-refractivity contribution is 7.18. The number of carbonyl (C=O) groups excluding carboxylic acids is 1. The van der Waals surface area contributed by atoms with E-state index in [9.17, 15) is 4.79 Å². The number of amides is 1. The van der Waals surface area contributed by atoms with Crippen LogP contribution >= 0.6 is 11.3 Å². The summed E-state index contributed by atoms with van der Waals surface area (Å²) in [7, 11) is 0. The van der Waals surface area contributed by atoms with Gasteiger partial charge in [0.25, 0.3) is 0 Å². The van der Waals surface area contributed by atoms with Gasteiger partial charge in [-0.1, -0.05) is 37.6 Å². The van der Waals surface area contributed by atoms with E-state index in [1.54, 1.807) is 11.3 Å². The minimum atomic E-state index is -0.469. The summed E-state index contributed by atoms with van der Waals surface area (Å²) >= 11 is 1.70. The van der Waals surface area contributed by atoms with Gasteiger partial charge in [-0.05, 0) is 49.8 Å². The first kappa shape index (κ1) is 26.4. The molecule has 202 valence electrons. The van der Waals surface area contributed by atoms with Crippen molar-refractivity contribution in [3.05, 3.63) is 52.7 Å². The molecule has 2 N–H and O–H groups in total. The molecule has 38 heavy (non-hydrogen) atoms. The highest BCUT2D eigenvalue weighted by Crippen LogP contribution is 2.33. The Labute approximate surface area is 228 Å². The topological polar surface area (TPSA) is 89.5 Å². The van der Waals surface area contributed by atoms with E-state index in [0.29, 0.717) is 18.9 Å². The molecule has 0 atom stereocenters. The third-order valence-corrected chi connectivity index (χ3v) is 7.82. The lowest BCUT2D eigenvalue weighted by atomic mass is 10.1. The molecule has 1 aromatic carbocycles. The van der Waals surface area contributed by atoms with Gasteiger partial charge in [0, 0.05) is 45.7 Å². The number of nitrogen functional groups attached to an aromatic ring is 1. The van der Waals surface area contributed by atoms with Crippen LogP contribution in [0.2, 0.25) is 0 Å². The van der Waals surface area contributed by atoms with Gasteiger partial charge >= 0.3 is 6.09 Å². The number of hydrogen-bond acceptors (Lipinski definition) is 7. The number of ether oxygens (including phenoxy) is 1. The number of aryl methyl sites for hydroxylation is 1. The van der Waals surface area contributed by atoms with Crippen molar-refractivity contribution in [1.82, 2.24) is 24.3 Å². The summed E-state index contributed by atoms with van der Waals surface area (Å²) in [6.07, 6.45) is 2.89. The van der Waals surface area contributed by atoms with Gasteiger partial charge in [0.15, 0.2) is 5.82 Å². The van der Waals surface area contributed by atoms with E-state index in [1.165, 1.54) is 11.1 Å². The molecule has 1 aliphatic heterocycles. The van der Waals surface area contributed by atoms with Crippen molar-refractivity contribution in [3.63, 3.8) is 0 Å². The van der Waals surface area contributed by atoms with Crippen molar-refractivity contribution in [3.8, 4) is 0 Å². The van der Waals surface area contributed by atoms with Crippen LogP contribution in [0.25, 0.3) is 21.3 Å². The van der Waals surface area contributed by atoms with Crippen molar-refractivity contribution in [2.24, 2.45) is 0 Å². The molecule has 0 saturated carbocycles. The number of hydrogen-bond donors (Lipinski definition) is 1. The fraction of sp³-hybridized carbons (Fsp3) is 0.483.